The highest BCUT2D eigenvalue weighted by Gasteiger charge is 2.16. The quantitative estimate of drug-likeness (QED) is 0.524. The second-order valence-corrected chi connectivity index (χ2v) is 7.67. The molecular weight excluding hydrogens is 382 g/mol. The van der Waals surface area contributed by atoms with Crippen molar-refractivity contribution >= 4 is 17.2 Å². The van der Waals surface area contributed by atoms with E-state index in [2.05, 4.69) is 51.6 Å². The smallest absolute Gasteiger partial charge is 0.263 e. The lowest BCUT2D eigenvalue weighted by atomic mass is 10.1. The molecule has 0 saturated heterocycles. The summed E-state index contributed by atoms with van der Waals surface area (Å²) in [5, 5.41) is 7.96. The molecule has 2 aromatic carbocycles. The van der Waals surface area contributed by atoms with E-state index in [0.29, 0.717) is 11.4 Å². The maximum atomic E-state index is 12.7. The summed E-state index contributed by atoms with van der Waals surface area (Å²) < 4.78 is 1.69. The molecule has 6 nitrogen and oxygen atoms in total. The van der Waals surface area contributed by atoms with Crippen LogP contribution in [0.3, 0.4) is 0 Å². The van der Waals surface area contributed by atoms with Gasteiger partial charge in [0.15, 0.2) is 0 Å². The first kappa shape index (κ1) is 19.0. The van der Waals surface area contributed by atoms with Gasteiger partial charge in [0.25, 0.3) is 5.91 Å². The first-order chi connectivity index (χ1) is 14.1. The molecule has 0 saturated carbocycles. The second kappa shape index (κ2) is 8.36. The summed E-state index contributed by atoms with van der Waals surface area (Å²) in [6.07, 6.45) is 4.15. The molecule has 0 fully saturated rings. The lowest BCUT2D eigenvalue weighted by molar-refractivity contribution is 0.0954. The summed E-state index contributed by atoms with van der Waals surface area (Å²) >= 11 is 1.43. The fraction of sp³-hybridized carbons (Fsp3) is 0.182. The zero-order valence-corrected chi connectivity index (χ0v) is 17.1. The van der Waals surface area contributed by atoms with Crippen LogP contribution in [0.15, 0.2) is 61.2 Å². The molecule has 0 aliphatic rings. The van der Waals surface area contributed by atoms with Gasteiger partial charge in [-0.25, -0.2) is 14.6 Å². The summed E-state index contributed by atoms with van der Waals surface area (Å²) in [4.78, 5) is 21.9. The molecular formula is C22H21N5OS. The van der Waals surface area contributed by atoms with Crippen molar-refractivity contribution in [1.29, 1.82) is 0 Å². The van der Waals surface area contributed by atoms with Crippen LogP contribution in [0.5, 0.6) is 0 Å². The first-order valence-electron chi connectivity index (χ1n) is 9.43. The molecule has 0 aliphatic heterocycles. The minimum absolute atomic E-state index is 0.100. The Balaban J connectivity index is 1.42. The largest absolute Gasteiger partial charge is 0.347 e. The average Bonchev–Trinajstić information content (AvgIpc) is 3.43. The number of carbonyl (C=O) groups is 1. The Morgan fingerprint density at radius 3 is 2.45 bits per heavy atom. The number of hydrogen-bond donors (Lipinski definition) is 1. The predicted molar refractivity (Wildman–Crippen MR) is 114 cm³/mol. The normalized spacial score (nSPS) is 10.8. The molecule has 0 radical (unpaired) electrons. The van der Waals surface area contributed by atoms with E-state index in [1.54, 1.807) is 11.0 Å². The van der Waals surface area contributed by atoms with E-state index < -0.39 is 0 Å². The number of rotatable bonds is 6. The van der Waals surface area contributed by atoms with Gasteiger partial charge < -0.3 is 5.32 Å². The predicted octanol–water partition coefficient (Wildman–Crippen LogP) is 4.19. The highest BCUT2D eigenvalue weighted by atomic mass is 32.1. The first-order valence-corrected chi connectivity index (χ1v) is 10.2. The summed E-state index contributed by atoms with van der Waals surface area (Å²) in [6.45, 7) is 4.46. The van der Waals surface area contributed by atoms with Gasteiger partial charge in [0.2, 0.25) is 0 Å². The Labute approximate surface area is 173 Å². The fourth-order valence-corrected chi connectivity index (χ4v) is 3.97. The van der Waals surface area contributed by atoms with E-state index in [-0.39, 0.29) is 5.91 Å². The van der Waals surface area contributed by atoms with Crippen molar-refractivity contribution in [2.45, 2.75) is 26.8 Å². The van der Waals surface area contributed by atoms with Gasteiger partial charge in [0.1, 0.15) is 22.5 Å². The third-order valence-electron chi connectivity index (χ3n) is 4.68. The number of carbonyl (C=O) groups excluding carboxylic acids is 1. The van der Waals surface area contributed by atoms with Gasteiger partial charge in [-0.3, -0.25) is 4.79 Å². The van der Waals surface area contributed by atoms with Crippen LogP contribution in [0.25, 0.3) is 16.3 Å². The number of thiazole rings is 1. The second-order valence-electron chi connectivity index (χ2n) is 6.67. The molecule has 2 aromatic heterocycles. The molecule has 146 valence electrons. The highest BCUT2D eigenvalue weighted by Crippen LogP contribution is 2.28. The van der Waals surface area contributed by atoms with Crippen molar-refractivity contribution in [2.75, 3.05) is 0 Å². The summed E-state index contributed by atoms with van der Waals surface area (Å²) in [6, 6.07) is 16.2. The molecule has 0 unspecified atom stereocenters. The van der Waals surface area contributed by atoms with Crippen LogP contribution in [0.2, 0.25) is 0 Å². The topological polar surface area (TPSA) is 72.7 Å². The van der Waals surface area contributed by atoms with Gasteiger partial charge in [0, 0.05) is 12.1 Å². The fourth-order valence-electron chi connectivity index (χ4n) is 2.98. The zero-order chi connectivity index (χ0) is 20.2. The molecule has 1 amide bonds. The van der Waals surface area contributed by atoms with Crippen LogP contribution in [-0.2, 0) is 13.0 Å². The molecule has 0 spiro atoms. The van der Waals surface area contributed by atoms with E-state index in [1.807, 2.05) is 31.2 Å². The number of amides is 1. The molecule has 1 N–H and O–H groups in total. The van der Waals surface area contributed by atoms with Crippen LogP contribution in [0, 0.1) is 6.92 Å². The van der Waals surface area contributed by atoms with Gasteiger partial charge in [0.05, 0.1) is 11.4 Å². The Morgan fingerprint density at radius 1 is 1.07 bits per heavy atom. The monoisotopic (exact) mass is 403 g/mol. The Hall–Kier alpha value is -3.32. The Bertz CT molecular complexity index is 1100. The van der Waals surface area contributed by atoms with Crippen molar-refractivity contribution in [1.82, 2.24) is 25.1 Å². The lowest BCUT2D eigenvalue weighted by Crippen LogP contribution is -2.22. The Kier molecular flexibility index (Phi) is 5.48. The SMILES string of the molecule is CCc1ccc(-c2nc(C)c(C(=O)NCc3ccc(-n4cncn4)cc3)s2)cc1. The van der Waals surface area contributed by atoms with Gasteiger partial charge >= 0.3 is 0 Å². The van der Waals surface area contributed by atoms with Gasteiger partial charge in [-0.05, 0) is 36.6 Å². The molecule has 7 heteroatoms. The molecule has 29 heavy (non-hydrogen) atoms. The van der Waals surface area contributed by atoms with Crippen molar-refractivity contribution < 1.29 is 4.79 Å². The van der Waals surface area contributed by atoms with Crippen LogP contribution < -0.4 is 5.32 Å². The average molecular weight is 404 g/mol. The maximum Gasteiger partial charge on any atom is 0.263 e. The summed E-state index contributed by atoms with van der Waals surface area (Å²) in [5.74, 6) is -0.100. The van der Waals surface area contributed by atoms with Gasteiger partial charge in [-0.1, -0.05) is 43.3 Å². The minimum atomic E-state index is -0.100. The number of benzene rings is 2. The van der Waals surface area contributed by atoms with Crippen molar-refractivity contribution in [3.8, 4) is 16.3 Å². The number of nitrogens with one attached hydrogen (secondary N) is 1. The number of hydrogen-bond acceptors (Lipinski definition) is 5. The van der Waals surface area contributed by atoms with Crippen molar-refractivity contribution in [2.24, 2.45) is 0 Å². The van der Waals surface area contributed by atoms with E-state index in [4.69, 9.17) is 0 Å². The molecule has 2 heterocycles. The van der Waals surface area contributed by atoms with Crippen LogP contribution in [0.4, 0.5) is 0 Å². The number of aryl methyl sites for hydroxylation is 2. The molecule has 0 atom stereocenters. The van der Waals surface area contributed by atoms with E-state index in [9.17, 15) is 4.79 Å². The zero-order valence-electron chi connectivity index (χ0n) is 16.3. The number of aromatic nitrogens is 4. The van der Waals surface area contributed by atoms with E-state index >= 15 is 0 Å². The van der Waals surface area contributed by atoms with Crippen LogP contribution in [-0.4, -0.2) is 25.7 Å². The third-order valence-corrected chi connectivity index (χ3v) is 5.89. The minimum Gasteiger partial charge on any atom is -0.347 e. The molecule has 0 aliphatic carbocycles. The van der Waals surface area contributed by atoms with Crippen molar-refractivity contribution in [3.05, 3.63) is 82.9 Å². The molecule has 4 aromatic rings. The standard InChI is InChI=1S/C22H21N5OS/c1-3-16-4-8-18(9-5-16)22-26-15(2)20(29-22)21(28)24-12-17-6-10-19(11-7-17)27-14-23-13-25-27/h4-11,13-14H,3,12H2,1-2H3,(H,24,28). The summed E-state index contributed by atoms with van der Waals surface area (Å²) in [7, 11) is 0. The highest BCUT2D eigenvalue weighted by molar-refractivity contribution is 7.17. The van der Waals surface area contributed by atoms with E-state index in [0.717, 1.165) is 33.9 Å². The lowest BCUT2D eigenvalue weighted by Gasteiger charge is -2.06. The molecule has 4 rings (SSSR count). The van der Waals surface area contributed by atoms with E-state index in [1.165, 1.54) is 23.2 Å². The summed E-state index contributed by atoms with van der Waals surface area (Å²) in [5.41, 5.74) is 5.02. The maximum absolute atomic E-state index is 12.7. The van der Waals surface area contributed by atoms with Gasteiger partial charge in [-0.15, -0.1) is 11.3 Å². The van der Waals surface area contributed by atoms with Crippen LogP contribution in [0.1, 0.15) is 33.4 Å². The van der Waals surface area contributed by atoms with Crippen LogP contribution >= 0.6 is 11.3 Å². The molecule has 0 bridgehead atoms. The Morgan fingerprint density at radius 2 is 1.79 bits per heavy atom. The third kappa shape index (κ3) is 4.25. The van der Waals surface area contributed by atoms with Crippen molar-refractivity contribution in [3.63, 3.8) is 0 Å². The van der Waals surface area contributed by atoms with Gasteiger partial charge in [-0.2, -0.15) is 5.10 Å². The number of nitrogens with zero attached hydrogens (tertiary/aromatic N) is 4.